The average molecular weight is 1020 g/mol. The van der Waals surface area contributed by atoms with E-state index in [1.54, 1.807) is 24.3 Å². The number of anilines is 1. The Kier molecular flexibility index (Phi) is 17.9. The first kappa shape index (κ1) is 53.7. The third-order valence-corrected chi connectivity index (χ3v) is 11.7. The largest absolute Gasteiger partial charge is 0.463 e. The molecule has 3 aliphatic heterocycles. The highest BCUT2D eigenvalue weighted by atomic mass is 32.1. The maximum Gasteiger partial charge on any atom is 0.303 e. The minimum absolute atomic E-state index is 0.136. The molecule has 10 atom stereocenters. The van der Waals surface area contributed by atoms with Crippen LogP contribution in [0.1, 0.15) is 66.5 Å². The standard InChI is InChI=1S/C49H51NO21S/c1-24(51)60-22-37-39(62-26(3)53)41(64-28(5)55)43(66-30(7)57)48(70-37)68-35-18-14-32(15-19-35)45-46(59)50(47(72-45)33-12-10-9-11-13-33)34-16-20-36(21-17-34)69-49-44(67-31(8)58)42(65-29(6)56)40(63-27(4)54)38(71-49)23-61-25(2)52/h9-21,37-44,48-49H,22-23H2,1-8H3/t37-,38-,39-,40-,41+,42+,43-,44-,48?,49?/m1/s1. The third kappa shape index (κ3) is 13.8. The second kappa shape index (κ2) is 24.0. The highest BCUT2D eigenvalue weighted by Gasteiger charge is 2.55. The zero-order valence-corrected chi connectivity index (χ0v) is 40.9. The molecule has 3 heterocycles. The number of esters is 8. The minimum atomic E-state index is -1.51. The highest BCUT2D eigenvalue weighted by molar-refractivity contribution is 8.01. The number of rotatable bonds is 17. The van der Waals surface area contributed by atoms with Crippen LogP contribution in [0.3, 0.4) is 0 Å². The van der Waals surface area contributed by atoms with E-state index in [9.17, 15) is 43.2 Å². The molecule has 23 heteroatoms. The van der Waals surface area contributed by atoms with Crippen LogP contribution in [0.4, 0.5) is 5.69 Å². The summed E-state index contributed by atoms with van der Waals surface area (Å²) in [5, 5.41) is 0. The number of nitrogens with zero attached hydrogens (tertiary/aromatic N) is 1. The Balaban J connectivity index is 1.28. The Bertz CT molecular complexity index is 2610. The molecule has 0 radical (unpaired) electrons. The Hall–Kier alpha value is -7.63. The van der Waals surface area contributed by atoms with Crippen LogP contribution in [0.15, 0.2) is 78.9 Å². The lowest BCUT2D eigenvalue weighted by Gasteiger charge is -2.43. The Morgan fingerprint density at radius 1 is 0.458 bits per heavy atom. The van der Waals surface area contributed by atoms with Crippen LogP contribution < -0.4 is 14.4 Å². The topological polar surface area (TPSA) is 268 Å². The first-order valence-corrected chi connectivity index (χ1v) is 23.0. The quantitative estimate of drug-likeness (QED) is 0.107. The van der Waals surface area contributed by atoms with Gasteiger partial charge in [0.05, 0.1) is 5.69 Å². The summed E-state index contributed by atoms with van der Waals surface area (Å²) < 4.78 is 67.7. The molecule has 3 aliphatic rings. The molecule has 2 unspecified atom stereocenters. The van der Waals surface area contributed by atoms with Crippen LogP contribution in [0.5, 0.6) is 11.5 Å². The van der Waals surface area contributed by atoms with Gasteiger partial charge in [0.15, 0.2) is 24.4 Å². The lowest BCUT2D eigenvalue weighted by Crippen LogP contribution is -2.63. The highest BCUT2D eigenvalue weighted by Crippen LogP contribution is 2.35. The molecule has 3 aromatic rings. The van der Waals surface area contributed by atoms with E-state index in [4.69, 9.17) is 56.8 Å². The van der Waals surface area contributed by atoms with Crippen LogP contribution in [-0.4, -0.2) is 138 Å². The first-order chi connectivity index (χ1) is 34.2. The van der Waals surface area contributed by atoms with Crippen LogP contribution in [0.2, 0.25) is 0 Å². The molecular formula is C49H51NO21S. The van der Waals surface area contributed by atoms with Gasteiger partial charge in [0.1, 0.15) is 46.8 Å². The van der Waals surface area contributed by atoms with Crippen molar-refractivity contribution in [2.45, 2.75) is 117 Å². The van der Waals surface area contributed by atoms with Gasteiger partial charge in [-0.1, -0.05) is 30.3 Å². The number of ether oxygens (including phenoxy) is 12. The molecule has 72 heavy (non-hydrogen) atoms. The second-order valence-corrected chi connectivity index (χ2v) is 17.1. The number of benzene rings is 3. The number of carbonyl (C=O) groups is 9. The fourth-order valence-corrected chi connectivity index (χ4v) is 8.92. The van der Waals surface area contributed by atoms with Gasteiger partial charge in [-0.15, -0.1) is 10.9 Å². The number of hydrogen-bond donors (Lipinski definition) is 0. The van der Waals surface area contributed by atoms with Crippen molar-refractivity contribution < 1.29 is 100.0 Å². The summed E-state index contributed by atoms with van der Waals surface area (Å²) >= 11 is 0. The van der Waals surface area contributed by atoms with Gasteiger partial charge >= 0.3 is 47.8 Å². The van der Waals surface area contributed by atoms with Crippen molar-refractivity contribution >= 4 is 80.1 Å². The van der Waals surface area contributed by atoms with E-state index in [1.807, 2.05) is 30.3 Å². The van der Waals surface area contributed by atoms with Crippen LogP contribution in [-0.2, 0) is 90.5 Å². The van der Waals surface area contributed by atoms with Crippen LogP contribution >= 0.6 is 10.9 Å². The Labute approximate surface area is 415 Å². The molecule has 6 rings (SSSR count). The van der Waals surface area contributed by atoms with Gasteiger partial charge in [0, 0.05) is 61.0 Å². The molecule has 2 fully saturated rings. The van der Waals surface area contributed by atoms with Crippen molar-refractivity contribution in [2.75, 3.05) is 18.1 Å². The molecule has 0 N–H and O–H groups in total. The molecule has 3 aromatic carbocycles. The predicted molar refractivity (Wildman–Crippen MR) is 248 cm³/mol. The van der Waals surface area contributed by atoms with E-state index < -0.39 is 128 Å². The third-order valence-electron chi connectivity index (χ3n) is 10.4. The summed E-state index contributed by atoms with van der Waals surface area (Å²) in [6, 6.07) is 21.6. The molecule has 0 aromatic heterocycles. The van der Waals surface area contributed by atoms with E-state index in [0.29, 0.717) is 26.7 Å². The molecular weight excluding hydrogens is 971 g/mol. The molecule has 22 nitrogen and oxygen atoms in total. The average Bonchev–Trinajstić information content (AvgIpc) is 3.65. The van der Waals surface area contributed by atoms with Gasteiger partial charge in [0.2, 0.25) is 24.8 Å². The number of carbonyl (C=O) groups excluding carboxylic acids is 9. The van der Waals surface area contributed by atoms with Crippen molar-refractivity contribution in [2.24, 2.45) is 0 Å². The van der Waals surface area contributed by atoms with E-state index in [0.717, 1.165) is 55.4 Å². The van der Waals surface area contributed by atoms with Crippen LogP contribution in [0.25, 0.3) is 0 Å². The summed E-state index contributed by atoms with van der Waals surface area (Å²) in [6.45, 7) is 8.02. The predicted octanol–water partition coefficient (Wildman–Crippen LogP) is 3.09. The Morgan fingerprint density at radius 2 is 0.833 bits per heavy atom. The summed E-state index contributed by atoms with van der Waals surface area (Å²) in [5.74, 6) is -6.32. The lowest BCUT2D eigenvalue weighted by molar-refractivity contribution is -0.288. The minimum Gasteiger partial charge on any atom is -0.463 e. The zero-order chi connectivity index (χ0) is 52.4. The summed E-state index contributed by atoms with van der Waals surface area (Å²) in [7, 11) is 1.19. The summed E-state index contributed by atoms with van der Waals surface area (Å²) in [4.78, 5) is 114. The normalized spacial score (nSPS) is 24.6. The fourth-order valence-electron chi connectivity index (χ4n) is 7.76. The monoisotopic (exact) mass is 1020 g/mol. The smallest absolute Gasteiger partial charge is 0.303 e. The second-order valence-electron chi connectivity index (χ2n) is 16.1. The van der Waals surface area contributed by atoms with Crippen LogP contribution in [0, 0.1) is 0 Å². The molecule has 0 bridgehead atoms. The van der Waals surface area contributed by atoms with Crippen molar-refractivity contribution in [1.82, 2.24) is 0 Å². The fraction of sp³-hybridized carbons (Fsp3) is 0.408. The molecule has 1 amide bonds. The van der Waals surface area contributed by atoms with Gasteiger partial charge in [-0.25, -0.2) is 0 Å². The summed E-state index contributed by atoms with van der Waals surface area (Å²) in [6.07, 6.45) is -14.2. The molecule has 2 saturated heterocycles. The van der Waals surface area contributed by atoms with Gasteiger partial charge in [-0.2, -0.15) is 0 Å². The first-order valence-electron chi connectivity index (χ1n) is 22.1. The van der Waals surface area contributed by atoms with Gasteiger partial charge in [-0.05, 0) is 54.1 Å². The maximum absolute atomic E-state index is 14.6. The van der Waals surface area contributed by atoms with Gasteiger partial charge < -0.3 is 56.8 Å². The summed E-state index contributed by atoms with van der Waals surface area (Å²) in [5.41, 5.74) is 1.57. The zero-order valence-electron chi connectivity index (χ0n) is 40.1. The van der Waals surface area contributed by atoms with Crippen molar-refractivity contribution in [3.05, 3.63) is 90.0 Å². The molecule has 0 saturated carbocycles. The number of hydrogen-bond acceptors (Lipinski definition) is 21. The van der Waals surface area contributed by atoms with Gasteiger partial charge in [-0.3, -0.25) is 48.1 Å². The van der Waals surface area contributed by atoms with Crippen molar-refractivity contribution in [3.63, 3.8) is 0 Å². The van der Waals surface area contributed by atoms with Gasteiger partial charge in [0.25, 0.3) is 5.91 Å². The SMILES string of the molecule is CC(=O)OC[C@H]1OC(Oc2ccc(C3=S=C(c4ccccc4)N(c4ccc(OC5O[C@H](COC(C)=O)[C@@H](OC(C)=O)[C@H](OC(C)=O)[C@H]5OC(C)=O)cc4)C3=O)cc2)[C@H](OC(C)=O)[C@@H](OC(C)=O)[C@@H]1OC(C)=O. The number of amides is 1. The van der Waals surface area contributed by atoms with Crippen molar-refractivity contribution in [1.29, 1.82) is 0 Å². The molecule has 384 valence electrons. The Morgan fingerprint density at radius 3 is 1.22 bits per heavy atom. The van der Waals surface area contributed by atoms with E-state index >= 15 is 0 Å². The lowest BCUT2D eigenvalue weighted by atomic mass is 9.98. The maximum atomic E-state index is 14.6. The van der Waals surface area contributed by atoms with E-state index in [-0.39, 0.29) is 11.5 Å². The van der Waals surface area contributed by atoms with E-state index in [2.05, 4.69) is 0 Å². The van der Waals surface area contributed by atoms with E-state index in [1.165, 1.54) is 40.1 Å². The molecule has 0 aliphatic carbocycles. The van der Waals surface area contributed by atoms with Crippen molar-refractivity contribution in [3.8, 4) is 11.5 Å². The molecule has 0 spiro atoms.